The molecule has 1 heterocycles. The van der Waals surface area contributed by atoms with E-state index in [2.05, 4.69) is 34.0 Å². The van der Waals surface area contributed by atoms with Crippen molar-refractivity contribution in [2.24, 2.45) is 0 Å². The topological polar surface area (TPSA) is 91.0 Å². The normalized spacial score (nSPS) is 23.8. The highest BCUT2D eigenvalue weighted by atomic mass is 32.2. The SMILES string of the molecule is CCN1CCN(S(=O)(=O)NC2CCC(CNC(=O)c3ccccc3OC)(c3ccccc3)CC2)CC1. The van der Waals surface area contributed by atoms with Gasteiger partial charge in [-0.15, -0.1) is 0 Å². The zero-order chi connectivity index (χ0) is 25.6. The molecule has 0 atom stereocenters. The molecular formula is C27H38N4O4S. The molecule has 8 nitrogen and oxygen atoms in total. The number of benzene rings is 2. The van der Waals surface area contributed by atoms with Crippen LogP contribution in [0.4, 0.5) is 0 Å². The van der Waals surface area contributed by atoms with Gasteiger partial charge in [0.15, 0.2) is 0 Å². The Balaban J connectivity index is 1.42. The summed E-state index contributed by atoms with van der Waals surface area (Å²) in [6, 6.07) is 17.3. The Morgan fingerprint density at radius 2 is 1.64 bits per heavy atom. The number of carbonyl (C=O) groups is 1. The van der Waals surface area contributed by atoms with Gasteiger partial charge in [-0.3, -0.25) is 4.79 Å². The maximum Gasteiger partial charge on any atom is 0.279 e. The molecule has 2 aromatic carbocycles. The minimum atomic E-state index is -3.51. The van der Waals surface area contributed by atoms with Crippen molar-refractivity contribution in [3.63, 3.8) is 0 Å². The van der Waals surface area contributed by atoms with Crippen molar-refractivity contribution in [2.75, 3.05) is 46.4 Å². The van der Waals surface area contributed by atoms with E-state index < -0.39 is 10.2 Å². The number of rotatable bonds is 9. The number of nitrogens with one attached hydrogen (secondary N) is 2. The van der Waals surface area contributed by atoms with E-state index in [1.54, 1.807) is 23.5 Å². The number of para-hydroxylation sites is 1. The van der Waals surface area contributed by atoms with Gasteiger partial charge < -0.3 is 15.0 Å². The summed E-state index contributed by atoms with van der Waals surface area (Å²) in [6.45, 7) is 6.11. The molecule has 0 bridgehead atoms. The lowest BCUT2D eigenvalue weighted by molar-refractivity contribution is 0.0932. The van der Waals surface area contributed by atoms with Crippen molar-refractivity contribution in [3.8, 4) is 5.75 Å². The molecule has 9 heteroatoms. The first kappa shape index (κ1) is 26.6. The first-order chi connectivity index (χ1) is 17.4. The molecule has 0 spiro atoms. The molecule has 0 unspecified atom stereocenters. The molecule has 2 aliphatic rings. The predicted octanol–water partition coefficient (Wildman–Crippen LogP) is 2.78. The Bertz CT molecular complexity index is 1110. The number of amides is 1. The van der Waals surface area contributed by atoms with Crippen molar-refractivity contribution in [1.82, 2.24) is 19.2 Å². The lowest BCUT2D eigenvalue weighted by atomic mass is 9.68. The largest absolute Gasteiger partial charge is 0.496 e. The molecule has 196 valence electrons. The summed E-state index contributed by atoms with van der Waals surface area (Å²) in [4.78, 5) is 15.3. The van der Waals surface area contributed by atoms with E-state index in [0.29, 0.717) is 43.8 Å². The second kappa shape index (κ2) is 11.7. The second-order valence-corrected chi connectivity index (χ2v) is 11.5. The third kappa shape index (κ3) is 6.08. The fourth-order valence-electron chi connectivity index (χ4n) is 5.40. The third-order valence-corrected chi connectivity index (χ3v) is 9.38. The average molecular weight is 515 g/mol. The summed E-state index contributed by atoms with van der Waals surface area (Å²) in [6.07, 6.45) is 2.99. The van der Waals surface area contributed by atoms with Crippen molar-refractivity contribution < 1.29 is 17.9 Å². The number of hydrogen-bond donors (Lipinski definition) is 2. The fraction of sp³-hybridized carbons (Fsp3) is 0.519. The Hall–Kier alpha value is -2.46. The Morgan fingerprint density at radius 1 is 1.00 bits per heavy atom. The van der Waals surface area contributed by atoms with Crippen molar-refractivity contribution in [3.05, 3.63) is 65.7 Å². The summed E-state index contributed by atoms with van der Waals surface area (Å²) in [7, 11) is -1.95. The average Bonchev–Trinajstić information content (AvgIpc) is 2.93. The maximum absolute atomic E-state index is 13.0. The number of likely N-dealkylation sites (N-methyl/N-ethyl adjacent to an activating group) is 1. The molecule has 2 fully saturated rings. The van der Waals surface area contributed by atoms with Crippen LogP contribution < -0.4 is 14.8 Å². The van der Waals surface area contributed by atoms with E-state index in [4.69, 9.17) is 4.74 Å². The van der Waals surface area contributed by atoms with Crippen LogP contribution in [0.15, 0.2) is 54.6 Å². The quantitative estimate of drug-likeness (QED) is 0.537. The number of carbonyl (C=O) groups excluding carboxylic acids is 1. The molecule has 4 rings (SSSR count). The highest BCUT2D eigenvalue weighted by molar-refractivity contribution is 7.87. The van der Waals surface area contributed by atoms with Crippen molar-refractivity contribution >= 4 is 16.1 Å². The molecule has 1 amide bonds. The Morgan fingerprint density at radius 3 is 2.28 bits per heavy atom. The molecule has 1 saturated carbocycles. The number of methoxy groups -OCH3 is 1. The maximum atomic E-state index is 13.0. The van der Waals surface area contributed by atoms with Gasteiger partial charge in [-0.05, 0) is 49.9 Å². The van der Waals surface area contributed by atoms with Crippen LogP contribution in [0, 0.1) is 0 Å². The number of nitrogens with zero attached hydrogens (tertiary/aromatic N) is 2. The van der Waals surface area contributed by atoms with Gasteiger partial charge in [-0.1, -0.05) is 49.4 Å². The van der Waals surface area contributed by atoms with Gasteiger partial charge in [0, 0.05) is 44.2 Å². The first-order valence-corrected chi connectivity index (χ1v) is 14.3. The van der Waals surface area contributed by atoms with Crippen molar-refractivity contribution in [1.29, 1.82) is 0 Å². The highest BCUT2D eigenvalue weighted by Gasteiger charge is 2.39. The van der Waals surface area contributed by atoms with Gasteiger partial charge in [-0.25, -0.2) is 0 Å². The van der Waals surface area contributed by atoms with Gasteiger partial charge in [0.2, 0.25) is 0 Å². The predicted molar refractivity (Wildman–Crippen MR) is 141 cm³/mol. The molecular weight excluding hydrogens is 476 g/mol. The standard InChI is InChI=1S/C27H38N4O4S/c1-3-30-17-19-31(20-18-30)36(33,34)29-23-13-15-27(16-14-23,22-9-5-4-6-10-22)21-28-26(32)24-11-7-8-12-25(24)35-2/h4-12,23,29H,3,13-21H2,1-2H3,(H,28,32). The molecule has 2 N–H and O–H groups in total. The summed E-state index contributed by atoms with van der Waals surface area (Å²) in [5.41, 5.74) is 1.42. The number of ether oxygens (including phenoxy) is 1. The Labute approximate surface area is 215 Å². The first-order valence-electron chi connectivity index (χ1n) is 12.8. The van der Waals surface area contributed by atoms with Gasteiger partial charge in [-0.2, -0.15) is 17.4 Å². The monoisotopic (exact) mass is 514 g/mol. The van der Waals surface area contributed by atoms with Crippen LogP contribution in [0.2, 0.25) is 0 Å². The third-order valence-electron chi connectivity index (χ3n) is 7.70. The lowest BCUT2D eigenvalue weighted by Crippen LogP contribution is -2.54. The lowest BCUT2D eigenvalue weighted by Gasteiger charge is -2.42. The van der Waals surface area contributed by atoms with Crippen LogP contribution in [0.25, 0.3) is 0 Å². The van der Waals surface area contributed by atoms with Crippen LogP contribution in [-0.4, -0.2) is 76.0 Å². The molecule has 1 aliphatic carbocycles. The summed E-state index contributed by atoms with van der Waals surface area (Å²) in [5, 5.41) is 3.14. The van der Waals surface area contributed by atoms with Crippen LogP contribution in [0.5, 0.6) is 5.75 Å². The fourth-order valence-corrected chi connectivity index (χ4v) is 6.85. The smallest absolute Gasteiger partial charge is 0.279 e. The van der Waals surface area contributed by atoms with Gasteiger partial charge >= 0.3 is 0 Å². The molecule has 36 heavy (non-hydrogen) atoms. The van der Waals surface area contributed by atoms with Gasteiger partial charge in [0.1, 0.15) is 5.75 Å². The second-order valence-electron chi connectivity index (χ2n) is 9.76. The number of hydrogen-bond acceptors (Lipinski definition) is 5. The minimum absolute atomic E-state index is 0.110. The van der Waals surface area contributed by atoms with Crippen LogP contribution >= 0.6 is 0 Å². The van der Waals surface area contributed by atoms with Crippen LogP contribution in [0.1, 0.15) is 48.5 Å². The Kier molecular flexibility index (Phi) is 8.66. The minimum Gasteiger partial charge on any atom is -0.496 e. The number of piperazine rings is 1. The van der Waals surface area contributed by atoms with E-state index >= 15 is 0 Å². The van der Waals surface area contributed by atoms with E-state index in [1.165, 1.54) is 5.56 Å². The summed E-state index contributed by atoms with van der Waals surface area (Å²) < 4.78 is 36.0. The van der Waals surface area contributed by atoms with E-state index in [1.807, 2.05) is 30.3 Å². The molecule has 0 aromatic heterocycles. The van der Waals surface area contributed by atoms with Crippen LogP contribution in [0.3, 0.4) is 0 Å². The summed E-state index contributed by atoms with van der Waals surface area (Å²) in [5.74, 6) is 0.374. The van der Waals surface area contributed by atoms with Crippen molar-refractivity contribution in [2.45, 2.75) is 44.1 Å². The van der Waals surface area contributed by atoms with Gasteiger partial charge in [0.25, 0.3) is 16.1 Å². The summed E-state index contributed by atoms with van der Waals surface area (Å²) >= 11 is 0. The highest BCUT2D eigenvalue weighted by Crippen LogP contribution is 2.39. The van der Waals surface area contributed by atoms with E-state index in [9.17, 15) is 13.2 Å². The van der Waals surface area contributed by atoms with Gasteiger partial charge in [0.05, 0.1) is 12.7 Å². The molecule has 1 aliphatic heterocycles. The zero-order valence-electron chi connectivity index (χ0n) is 21.3. The molecule has 2 aromatic rings. The van der Waals surface area contributed by atoms with Crippen LogP contribution in [-0.2, 0) is 15.6 Å². The zero-order valence-corrected chi connectivity index (χ0v) is 22.1. The van der Waals surface area contributed by atoms with E-state index in [-0.39, 0.29) is 17.4 Å². The molecule has 0 radical (unpaired) electrons. The van der Waals surface area contributed by atoms with E-state index in [0.717, 1.165) is 32.5 Å². The molecule has 1 saturated heterocycles.